The molecule has 1 unspecified atom stereocenters. The van der Waals surface area contributed by atoms with Crippen molar-refractivity contribution >= 4 is 23.1 Å². The second kappa shape index (κ2) is 9.34. The molecule has 39 heavy (non-hydrogen) atoms. The summed E-state index contributed by atoms with van der Waals surface area (Å²) >= 11 is 0. The zero-order valence-electron chi connectivity index (χ0n) is 20.6. The number of benzene rings is 3. The third kappa shape index (κ3) is 4.14. The Morgan fingerprint density at radius 2 is 1.67 bits per heavy atom. The summed E-state index contributed by atoms with van der Waals surface area (Å²) in [7, 11) is 0. The molecule has 0 radical (unpaired) electrons. The first-order valence-corrected chi connectivity index (χ1v) is 12.5. The number of ether oxygens (including phenoxy) is 2. The van der Waals surface area contributed by atoms with E-state index in [-0.39, 0.29) is 47.4 Å². The van der Waals surface area contributed by atoms with Crippen molar-refractivity contribution in [1.82, 2.24) is 0 Å². The van der Waals surface area contributed by atoms with Gasteiger partial charge in [0, 0.05) is 34.7 Å². The van der Waals surface area contributed by atoms with Crippen molar-refractivity contribution in [2.24, 2.45) is 0 Å². The lowest BCUT2D eigenvalue weighted by Gasteiger charge is -2.42. The maximum Gasteiger partial charge on any atom is 0.418 e. The Labute approximate surface area is 222 Å². The summed E-state index contributed by atoms with van der Waals surface area (Å²) in [4.78, 5) is 14.8. The summed E-state index contributed by atoms with van der Waals surface area (Å²) in [6.45, 7) is 0.0338. The van der Waals surface area contributed by atoms with Crippen LogP contribution in [0, 0.1) is 5.41 Å². The highest BCUT2D eigenvalue weighted by molar-refractivity contribution is 6.20. The topological polar surface area (TPSA) is 82.9 Å². The van der Waals surface area contributed by atoms with Crippen LogP contribution in [0.15, 0.2) is 89.6 Å². The average molecular weight is 533 g/mol. The van der Waals surface area contributed by atoms with Crippen LogP contribution in [0.4, 0.5) is 18.9 Å². The van der Waals surface area contributed by atoms with Crippen molar-refractivity contribution in [3.05, 3.63) is 106 Å². The van der Waals surface area contributed by atoms with Crippen LogP contribution >= 0.6 is 0 Å². The van der Waals surface area contributed by atoms with E-state index in [0.717, 1.165) is 6.07 Å². The largest absolute Gasteiger partial charge is 0.507 e. The lowest BCUT2D eigenvalue weighted by Crippen LogP contribution is -2.43. The van der Waals surface area contributed by atoms with Crippen LogP contribution in [0.1, 0.15) is 41.9 Å². The zero-order chi connectivity index (χ0) is 27.3. The number of rotatable bonds is 3. The number of alkyl halides is 3. The molecule has 1 atom stereocenters. The van der Waals surface area contributed by atoms with E-state index >= 15 is 0 Å². The molecule has 0 amide bonds. The van der Waals surface area contributed by atoms with Crippen molar-refractivity contribution in [3.63, 3.8) is 0 Å². The minimum Gasteiger partial charge on any atom is -0.507 e. The average Bonchev–Trinajstić information content (AvgIpc) is 3.40. The molecule has 0 fully saturated rings. The zero-order valence-corrected chi connectivity index (χ0v) is 20.6. The molecule has 6 nitrogen and oxygen atoms in total. The van der Waals surface area contributed by atoms with Gasteiger partial charge in [0.2, 0.25) is 6.79 Å². The van der Waals surface area contributed by atoms with Gasteiger partial charge in [-0.25, -0.2) is 0 Å². The van der Waals surface area contributed by atoms with Crippen LogP contribution in [-0.2, 0) is 11.0 Å². The third-order valence-electron chi connectivity index (χ3n) is 7.24. The number of allylic oxidation sites excluding steroid dienone is 2. The minimum absolute atomic E-state index is 0.0334. The normalized spacial score (nSPS) is 20.3. The molecular weight excluding hydrogens is 509 g/mol. The number of aliphatic hydroxyl groups excluding tert-OH is 1. The fourth-order valence-corrected chi connectivity index (χ4v) is 5.54. The van der Waals surface area contributed by atoms with Gasteiger partial charge < -0.3 is 14.6 Å². The van der Waals surface area contributed by atoms with Gasteiger partial charge in [-0.15, -0.1) is 0 Å². The Hall–Kier alpha value is -4.53. The predicted octanol–water partition coefficient (Wildman–Crippen LogP) is 6.99. The Morgan fingerprint density at radius 1 is 0.949 bits per heavy atom. The summed E-state index contributed by atoms with van der Waals surface area (Å²) in [6, 6.07) is 18.6. The molecular formula is C30H23F3N2O4. The van der Waals surface area contributed by atoms with Crippen LogP contribution in [0.5, 0.6) is 11.5 Å². The van der Waals surface area contributed by atoms with Crippen molar-refractivity contribution in [3.8, 4) is 11.5 Å². The Bertz CT molecular complexity index is 1560. The molecule has 9 heteroatoms. The molecule has 3 aliphatic rings. The van der Waals surface area contributed by atoms with Crippen molar-refractivity contribution in [2.75, 3.05) is 11.7 Å². The third-order valence-corrected chi connectivity index (χ3v) is 7.24. The number of aliphatic hydroxyl groups is 1. The van der Waals surface area contributed by atoms with Crippen molar-refractivity contribution in [1.29, 1.82) is 5.41 Å². The number of hydrogen-bond acceptors (Lipinski definition) is 5. The van der Waals surface area contributed by atoms with Gasteiger partial charge in [-0.05, 0) is 42.7 Å². The summed E-state index contributed by atoms with van der Waals surface area (Å²) in [5.74, 6) is -0.782. The van der Waals surface area contributed by atoms with E-state index < -0.39 is 17.7 Å². The molecule has 0 bridgehead atoms. The number of para-hydroxylation sites is 1. The number of carbonyl (C=O) groups is 1. The molecule has 3 aromatic rings. The summed E-state index contributed by atoms with van der Waals surface area (Å²) < 4.78 is 53.4. The van der Waals surface area contributed by atoms with Gasteiger partial charge in [-0.1, -0.05) is 48.5 Å². The first-order valence-electron chi connectivity index (χ1n) is 12.5. The first-order chi connectivity index (χ1) is 18.8. The standard InChI is InChI=1S/C30H23F3N2O4/c31-30(32,33)19-9-4-5-10-20(19)35-21-11-6-12-22(36)26(21)25(18-13-14-23-24(15-18)39-16-38-23)27(29(35)34)28(37)17-7-2-1-3-8-17/h1-5,7-10,13-15,25,34,37H,6,11-12,16H2/b28-27+,34-29?. The summed E-state index contributed by atoms with van der Waals surface area (Å²) in [5.41, 5.74) is 0.378. The second-order valence-corrected chi connectivity index (χ2v) is 9.51. The molecule has 2 aliphatic heterocycles. The molecule has 0 saturated heterocycles. The Kier molecular flexibility index (Phi) is 5.94. The molecule has 0 aromatic heterocycles. The van der Waals surface area contributed by atoms with Crippen LogP contribution in [0.3, 0.4) is 0 Å². The summed E-state index contributed by atoms with van der Waals surface area (Å²) in [6.07, 6.45) is -3.75. The number of Topliss-reactive ketones (excluding diaryl/α,β-unsaturated/α-hetero) is 1. The van der Waals surface area contributed by atoms with E-state index in [9.17, 15) is 28.5 Å². The highest BCUT2D eigenvalue weighted by atomic mass is 19.4. The first kappa shape index (κ1) is 24.8. The number of halogens is 3. The highest BCUT2D eigenvalue weighted by Crippen LogP contribution is 2.50. The molecule has 0 saturated carbocycles. The van der Waals surface area contributed by atoms with Crippen LogP contribution in [-0.4, -0.2) is 23.5 Å². The van der Waals surface area contributed by atoms with E-state index in [4.69, 9.17) is 9.47 Å². The number of ketones is 1. The molecule has 6 rings (SSSR count). The van der Waals surface area contributed by atoms with E-state index in [2.05, 4.69) is 0 Å². The number of amidine groups is 1. The molecule has 198 valence electrons. The lowest BCUT2D eigenvalue weighted by molar-refractivity contribution is -0.137. The van der Waals surface area contributed by atoms with Crippen LogP contribution in [0.2, 0.25) is 0 Å². The smallest absolute Gasteiger partial charge is 0.418 e. The molecule has 3 aromatic carbocycles. The molecule has 2 heterocycles. The summed E-state index contributed by atoms with van der Waals surface area (Å²) in [5, 5.41) is 20.9. The molecule has 0 spiro atoms. The van der Waals surface area contributed by atoms with Gasteiger partial charge in [0.1, 0.15) is 11.6 Å². The van der Waals surface area contributed by atoms with E-state index in [1.165, 1.54) is 23.1 Å². The quantitative estimate of drug-likeness (QED) is 0.355. The Morgan fingerprint density at radius 3 is 2.44 bits per heavy atom. The van der Waals surface area contributed by atoms with Crippen LogP contribution < -0.4 is 14.4 Å². The number of carbonyl (C=O) groups excluding carboxylic acids is 1. The predicted molar refractivity (Wildman–Crippen MR) is 139 cm³/mol. The fraction of sp³-hybridized carbons (Fsp3) is 0.200. The number of hydrogen-bond donors (Lipinski definition) is 2. The van der Waals surface area contributed by atoms with Crippen molar-refractivity contribution in [2.45, 2.75) is 31.4 Å². The van der Waals surface area contributed by atoms with Gasteiger partial charge in [-0.2, -0.15) is 13.2 Å². The lowest BCUT2D eigenvalue weighted by atomic mass is 9.73. The van der Waals surface area contributed by atoms with Gasteiger partial charge in [0.05, 0.1) is 11.3 Å². The monoisotopic (exact) mass is 532 g/mol. The van der Waals surface area contributed by atoms with E-state index in [0.29, 0.717) is 41.2 Å². The second-order valence-electron chi connectivity index (χ2n) is 9.51. The van der Waals surface area contributed by atoms with E-state index in [1.807, 2.05) is 0 Å². The molecule has 1 aliphatic carbocycles. The fourth-order valence-electron chi connectivity index (χ4n) is 5.54. The highest BCUT2D eigenvalue weighted by Gasteiger charge is 2.45. The van der Waals surface area contributed by atoms with E-state index in [1.54, 1.807) is 48.5 Å². The number of anilines is 1. The Balaban J connectivity index is 1.67. The van der Waals surface area contributed by atoms with Gasteiger partial charge >= 0.3 is 6.18 Å². The maximum atomic E-state index is 14.2. The number of nitrogens with zero attached hydrogens (tertiary/aromatic N) is 1. The molecule has 2 N–H and O–H groups in total. The number of nitrogens with one attached hydrogen (secondary N) is 1. The number of fused-ring (bicyclic) bond motifs is 1. The maximum absolute atomic E-state index is 14.2. The van der Waals surface area contributed by atoms with Crippen molar-refractivity contribution < 1.29 is 32.5 Å². The SMILES string of the molecule is N=C1/C(=C(/O)c2ccccc2)C(c2ccc3c(c2)OCO3)C2=C(CCCC2=O)N1c1ccccc1C(F)(F)F. The van der Waals surface area contributed by atoms with Gasteiger partial charge in [-0.3, -0.25) is 15.1 Å². The van der Waals surface area contributed by atoms with Gasteiger partial charge in [0.25, 0.3) is 0 Å². The van der Waals surface area contributed by atoms with Crippen LogP contribution in [0.25, 0.3) is 5.76 Å². The van der Waals surface area contributed by atoms with Gasteiger partial charge in [0.15, 0.2) is 17.3 Å². The minimum atomic E-state index is -4.70.